The lowest BCUT2D eigenvalue weighted by atomic mass is 10.2. The molecule has 1 aliphatic rings. The zero-order valence-corrected chi connectivity index (χ0v) is 14.0. The summed E-state index contributed by atoms with van der Waals surface area (Å²) in [4.78, 5) is 36.1. The second-order valence-corrected chi connectivity index (χ2v) is 6.00. The van der Waals surface area contributed by atoms with E-state index >= 15 is 0 Å². The molecule has 7 nitrogen and oxygen atoms in total. The van der Waals surface area contributed by atoms with E-state index in [4.69, 9.17) is 5.73 Å². The molecule has 1 unspecified atom stereocenters. The number of benzene rings is 1. The van der Waals surface area contributed by atoms with Crippen LogP contribution in [-0.2, 0) is 11.3 Å². The number of nitrogens with one attached hydrogen (secondary N) is 2. The molecule has 1 saturated carbocycles. The molecule has 1 fully saturated rings. The van der Waals surface area contributed by atoms with Crippen molar-refractivity contribution in [1.82, 2.24) is 15.1 Å². The second-order valence-electron chi connectivity index (χ2n) is 6.00. The van der Waals surface area contributed by atoms with E-state index in [1.807, 2.05) is 0 Å². The molecule has 0 bridgehead atoms. The van der Waals surface area contributed by atoms with Crippen LogP contribution in [-0.4, -0.2) is 28.3 Å². The number of aromatic amines is 1. The van der Waals surface area contributed by atoms with Gasteiger partial charge in [-0.25, -0.2) is 4.68 Å². The van der Waals surface area contributed by atoms with Gasteiger partial charge in [0.25, 0.3) is 11.1 Å². The quantitative estimate of drug-likeness (QED) is 0.697. The standard InChI is InChI=1S/C16H20N4O3.ClH/c17-13(10-5-6-10)9-18-14(21)7-8-20-16(23)12-4-2-1-3-11(12)15(22)19-20;/h1-4,10,13H,5-9,17H2,(H,18,21)(H,19,22);1H. The number of amides is 1. The Kier molecular flexibility index (Phi) is 5.80. The van der Waals surface area contributed by atoms with Gasteiger partial charge in [-0.3, -0.25) is 19.5 Å². The van der Waals surface area contributed by atoms with Crippen LogP contribution in [0.25, 0.3) is 10.8 Å². The summed E-state index contributed by atoms with van der Waals surface area (Å²) < 4.78 is 1.19. The molecule has 1 amide bonds. The maximum absolute atomic E-state index is 12.3. The monoisotopic (exact) mass is 352 g/mol. The molecule has 130 valence electrons. The summed E-state index contributed by atoms with van der Waals surface area (Å²) in [6.45, 7) is 0.579. The molecule has 0 radical (unpaired) electrons. The molecule has 2 aromatic rings. The fourth-order valence-electron chi connectivity index (χ4n) is 2.63. The maximum atomic E-state index is 12.3. The van der Waals surface area contributed by atoms with Gasteiger partial charge in [-0.1, -0.05) is 12.1 Å². The molecule has 1 aromatic heterocycles. The van der Waals surface area contributed by atoms with Crippen LogP contribution in [0.3, 0.4) is 0 Å². The molecule has 3 rings (SSSR count). The zero-order valence-electron chi connectivity index (χ0n) is 13.2. The van der Waals surface area contributed by atoms with Crippen molar-refractivity contribution >= 4 is 29.1 Å². The van der Waals surface area contributed by atoms with Crippen molar-refractivity contribution in [2.45, 2.75) is 31.8 Å². The van der Waals surface area contributed by atoms with Crippen LogP contribution in [0.4, 0.5) is 0 Å². The average molecular weight is 353 g/mol. The third kappa shape index (κ3) is 4.04. The van der Waals surface area contributed by atoms with Gasteiger partial charge in [-0.05, 0) is 30.9 Å². The molecule has 4 N–H and O–H groups in total. The molecule has 1 aliphatic carbocycles. The van der Waals surface area contributed by atoms with Gasteiger partial charge in [0.05, 0.1) is 17.3 Å². The lowest BCUT2D eigenvalue weighted by Crippen LogP contribution is -2.39. The smallest absolute Gasteiger partial charge is 0.273 e. The van der Waals surface area contributed by atoms with E-state index in [0.29, 0.717) is 23.2 Å². The predicted molar refractivity (Wildman–Crippen MR) is 94.4 cm³/mol. The van der Waals surface area contributed by atoms with E-state index < -0.39 is 0 Å². The number of carbonyl (C=O) groups is 1. The van der Waals surface area contributed by atoms with E-state index in [1.54, 1.807) is 24.3 Å². The van der Waals surface area contributed by atoms with Crippen LogP contribution in [0.5, 0.6) is 0 Å². The van der Waals surface area contributed by atoms with E-state index in [9.17, 15) is 14.4 Å². The Labute approximate surface area is 144 Å². The largest absolute Gasteiger partial charge is 0.354 e. The summed E-state index contributed by atoms with van der Waals surface area (Å²) >= 11 is 0. The zero-order chi connectivity index (χ0) is 16.4. The van der Waals surface area contributed by atoms with Crippen LogP contribution in [0.2, 0.25) is 0 Å². The van der Waals surface area contributed by atoms with Crippen LogP contribution in [0.15, 0.2) is 33.9 Å². The number of H-pyrrole nitrogens is 1. The van der Waals surface area contributed by atoms with Gasteiger partial charge < -0.3 is 11.1 Å². The number of halogens is 1. The normalized spacial score (nSPS) is 14.9. The SMILES string of the molecule is Cl.NC(CNC(=O)CCn1[nH]c(=O)c2ccccc2c1=O)C1CC1. The van der Waals surface area contributed by atoms with Gasteiger partial charge in [-0.2, -0.15) is 0 Å². The van der Waals surface area contributed by atoms with Gasteiger partial charge in [0.2, 0.25) is 5.91 Å². The molecule has 8 heteroatoms. The van der Waals surface area contributed by atoms with Gasteiger partial charge in [0.15, 0.2) is 0 Å². The van der Waals surface area contributed by atoms with Crippen molar-refractivity contribution in [2.24, 2.45) is 11.7 Å². The summed E-state index contributed by atoms with van der Waals surface area (Å²) in [7, 11) is 0. The molecule has 0 aliphatic heterocycles. The van der Waals surface area contributed by atoms with E-state index in [-0.39, 0.29) is 48.4 Å². The molecule has 24 heavy (non-hydrogen) atoms. The highest BCUT2D eigenvalue weighted by Crippen LogP contribution is 2.31. The van der Waals surface area contributed by atoms with Crippen molar-refractivity contribution in [2.75, 3.05) is 6.54 Å². The first-order chi connectivity index (χ1) is 11.1. The molecule has 0 saturated heterocycles. The van der Waals surface area contributed by atoms with Crippen molar-refractivity contribution in [3.05, 3.63) is 45.0 Å². The Morgan fingerprint density at radius 3 is 2.62 bits per heavy atom. The van der Waals surface area contributed by atoms with Crippen LogP contribution in [0, 0.1) is 5.92 Å². The predicted octanol–water partition coefficient (Wildman–Crippen LogP) is 0.355. The molecular formula is C16H21ClN4O3. The number of aromatic nitrogens is 2. The maximum Gasteiger partial charge on any atom is 0.273 e. The van der Waals surface area contributed by atoms with E-state index in [0.717, 1.165) is 12.8 Å². The number of nitrogens with zero attached hydrogens (tertiary/aromatic N) is 1. The summed E-state index contributed by atoms with van der Waals surface area (Å²) in [6, 6.07) is 6.63. The van der Waals surface area contributed by atoms with Crippen molar-refractivity contribution in [3.8, 4) is 0 Å². The van der Waals surface area contributed by atoms with E-state index in [1.165, 1.54) is 4.68 Å². The number of aryl methyl sites for hydroxylation is 1. The minimum absolute atomic E-state index is 0. The molecular weight excluding hydrogens is 332 g/mol. The Morgan fingerprint density at radius 1 is 1.29 bits per heavy atom. The lowest BCUT2D eigenvalue weighted by molar-refractivity contribution is -0.121. The van der Waals surface area contributed by atoms with Crippen molar-refractivity contribution in [1.29, 1.82) is 0 Å². The minimum Gasteiger partial charge on any atom is -0.354 e. The number of nitrogens with two attached hydrogens (primary N) is 1. The Morgan fingerprint density at radius 2 is 1.96 bits per heavy atom. The molecule has 1 aromatic carbocycles. The first-order valence-electron chi connectivity index (χ1n) is 7.80. The first kappa shape index (κ1) is 18.2. The Hall–Kier alpha value is -2.12. The summed E-state index contributed by atoms with van der Waals surface area (Å²) in [6.07, 6.45) is 2.38. The number of carbonyl (C=O) groups excluding carboxylic acids is 1. The molecule has 0 spiro atoms. The fraction of sp³-hybridized carbons (Fsp3) is 0.438. The highest BCUT2D eigenvalue weighted by molar-refractivity contribution is 5.85. The summed E-state index contributed by atoms with van der Waals surface area (Å²) in [5.74, 6) is 0.344. The molecule has 1 heterocycles. The van der Waals surface area contributed by atoms with Crippen molar-refractivity contribution < 1.29 is 4.79 Å². The fourth-order valence-corrected chi connectivity index (χ4v) is 2.63. The number of fused-ring (bicyclic) bond motifs is 1. The Balaban J connectivity index is 0.00000208. The third-order valence-electron chi connectivity index (χ3n) is 4.21. The Bertz CT molecular complexity index is 841. The molecule has 1 atom stereocenters. The van der Waals surface area contributed by atoms with Crippen molar-refractivity contribution in [3.63, 3.8) is 0 Å². The lowest BCUT2D eigenvalue weighted by Gasteiger charge is -2.12. The second kappa shape index (κ2) is 7.63. The minimum atomic E-state index is -0.337. The van der Waals surface area contributed by atoms with Gasteiger partial charge in [-0.15, -0.1) is 12.4 Å². The third-order valence-corrected chi connectivity index (χ3v) is 4.21. The highest BCUT2D eigenvalue weighted by atomic mass is 35.5. The first-order valence-corrected chi connectivity index (χ1v) is 7.80. The highest BCUT2D eigenvalue weighted by Gasteiger charge is 2.28. The topological polar surface area (TPSA) is 110 Å². The van der Waals surface area contributed by atoms with Gasteiger partial charge in [0, 0.05) is 19.0 Å². The van der Waals surface area contributed by atoms with E-state index in [2.05, 4.69) is 10.4 Å². The number of hydrogen-bond donors (Lipinski definition) is 3. The van der Waals surface area contributed by atoms with Gasteiger partial charge in [0.1, 0.15) is 0 Å². The number of rotatable bonds is 6. The summed E-state index contributed by atoms with van der Waals surface area (Å²) in [5.41, 5.74) is 5.28. The van der Waals surface area contributed by atoms with Crippen LogP contribution < -0.4 is 22.2 Å². The number of hydrogen-bond acceptors (Lipinski definition) is 4. The van der Waals surface area contributed by atoms with Crippen LogP contribution in [0.1, 0.15) is 19.3 Å². The summed E-state index contributed by atoms with van der Waals surface area (Å²) in [5, 5.41) is 5.99. The van der Waals surface area contributed by atoms with Crippen LogP contribution >= 0.6 is 12.4 Å². The van der Waals surface area contributed by atoms with Gasteiger partial charge >= 0.3 is 0 Å². The average Bonchev–Trinajstić information content (AvgIpc) is 3.39.